The molecule has 1 fully saturated rings. The molecule has 0 atom stereocenters. The molecule has 0 unspecified atom stereocenters. The summed E-state index contributed by atoms with van der Waals surface area (Å²) >= 11 is 3.40. The highest BCUT2D eigenvalue weighted by Gasteiger charge is 2.36. The van der Waals surface area contributed by atoms with Gasteiger partial charge in [-0.3, -0.25) is 0 Å². The van der Waals surface area contributed by atoms with Crippen LogP contribution in [-0.4, -0.2) is 20.8 Å². The van der Waals surface area contributed by atoms with Gasteiger partial charge in [0.15, 0.2) is 0 Å². The van der Waals surface area contributed by atoms with Crippen LogP contribution in [0.4, 0.5) is 0 Å². The number of nitrogens with two attached hydrogens (primary N) is 1. The molecule has 21 heavy (non-hydrogen) atoms. The summed E-state index contributed by atoms with van der Waals surface area (Å²) in [6.45, 7) is 0.957. The fraction of sp³-hybridized carbons (Fsp3) is 0.600. The summed E-state index contributed by atoms with van der Waals surface area (Å²) in [6, 6.07) is 7.94. The van der Waals surface area contributed by atoms with Gasteiger partial charge in [-0.05, 0) is 30.5 Å². The summed E-state index contributed by atoms with van der Waals surface area (Å²) in [5.41, 5.74) is 0.779. The number of sulfonamides is 1. The van der Waals surface area contributed by atoms with E-state index in [1.807, 2.05) is 24.3 Å². The molecule has 1 aliphatic rings. The van der Waals surface area contributed by atoms with Crippen LogP contribution in [0.2, 0.25) is 0 Å². The number of benzene rings is 1. The van der Waals surface area contributed by atoms with E-state index in [4.69, 9.17) is 9.88 Å². The SMILES string of the molecule is NS(=O)(=O)CC1(COCc2ccc(Br)cc2)CCCCC1. The monoisotopic (exact) mass is 375 g/mol. The highest BCUT2D eigenvalue weighted by molar-refractivity contribution is 9.10. The van der Waals surface area contributed by atoms with Gasteiger partial charge in [0.1, 0.15) is 0 Å². The number of hydrogen-bond donors (Lipinski definition) is 1. The van der Waals surface area contributed by atoms with E-state index in [1.54, 1.807) is 0 Å². The summed E-state index contributed by atoms with van der Waals surface area (Å²) in [4.78, 5) is 0. The fourth-order valence-electron chi connectivity index (χ4n) is 3.02. The Morgan fingerprint density at radius 2 is 1.76 bits per heavy atom. The Hall–Kier alpha value is -0.430. The van der Waals surface area contributed by atoms with Crippen LogP contribution in [0.3, 0.4) is 0 Å². The summed E-state index contributed by atoms with van der Waals surface area (Å²) < 4.78 is 29.8. The molecule has 118 valence electrons. The third-order valence-electron chi connectivity index (χ3n) is 4.01. The molecule has 1 aromatic rings. The van der Waals surface area contributed by atoms with Crippen molar-refractivity contribution in [1.29, 1.82) is 0 Å². The van der Waals surface area contributed by atoms with Crippen LogP contribution in [0, 0.1) is 5.41 Å². The number of rotatable bonds is 6. The quantitative estimate of drug-likeness (QED) is 0.829. The molecular formula is C15H22BrNO3S. The number of halogens is 1. The second-order valence-electron chi connectivity index (χ2n) is 5.99. The first kappa shape index (κ1) is 16.9. The zero-order valence-corrected chi connectivity index (χ0v) is 14.5. The van der Waals surface area contributed by atoms with Crippen molar-refractivity contribution in [3.63, 3.8) is 0 Å². The van der Waals surface area contributed by atoms with E-state index < -0.39 is 10.0 Å². The van der Waals surface area contributed by atoms with E-state index in [0.717, 1.165) is 35.7 Å². The maximum Gasteiger partial charge on any atom is 0.209 e. The molecule has 0 spiro atoms. The van der Waals surface area contributed by atoms with Crippen LogP contribution in [-0.2, 0) is 21.4 Å². The van der Waals surface area contributed by atoms with Gasteiger partial charge in [-0.1, -0.05) is 47.3 Å². The van der Waals surface area contributed by atoms with Gasteiger partial charge in [-0.25, -0.2) is 13.6 Å². The highest BCUT2D eigenvalue weighted by atomic mass is 79.9. The normalized spacial score (nSPS) is 18.6. The first-order chi connectivity index (χ1) is 9.89. The number of hydrogen-bond acceptors (Lipinski definition) is 3. The van der Waals surface area contributed by atoms with Gasteiger partial charge in [0.25, 0.3) is 0 Å². The molecule has 4 nitrogen and oxygen atoms in total. The van der Waals surface area contributed by atoms with Crippen molar-refractivity contribution in [2.24, 2.45) is 10.6 Å². The Morgan fingerprint density at radius 1 is 1.14 bits per heavy atom. The van der Waals surface area contributed by atoms with Gasteiger partial charge >= 0.3 is 0 Å². The van der Waals surface area contributed by atoms with E-state index in [9.17, 15) is 8.42 Å². The van der Waals surface area contributed by atoms with Gasteiger partial charge in [-0.15, -0.1) is 0 Å². The minimum atomic E-state index is -3.47. The molecular weight excluding hydrogens is 354 g/mol. The van der Waals surface area contributed by atoms with Crippen molar-refractivity contribution < 1.29 is 13.2 Å². The lowest BCUT2D eigenvalue weighted by Crippen LogP contribution is -2.39. The van der Waals surface area contributed by atoms with E-state index >= 15 is 0 Å². The Bertz CT molecular complexity index is 551. The molecule has 0 aromatic heterocycles. The smallest absolute Gasteiger partial charge is 0.209 e. The summed E-state index contributed by atoms with van der Waals surface area (Å²) in [7, 11) is -3.47. The molecule has 1 saturated carbocycles. The Balaban J connectivity index is 1.94. The largest absolute Gasteiger partial charge is 0.376 e. The lowest BCUT2D eigenvalue weighted by atomic mass is 9.76. The summed E-state index contributed by atoms with van der Waals surface area (Å²) in [5.74, 6) is 0.0281. The van der Waals surface area contributed by atoms with Gasteiger partial charge < -0.3 is 4.74 Å². The van der Waals surface area contributed by atoms with Crippen molar-refractivity contribution in [2.75, 3.05) is 12.4 Å². The molecule has 6 heteroatoms. The van der Waals surface area contributed by atoms with Crippen molar-refractivity contribution in [3.05, 3.63) is 34.3 Å². The average Bonchev–Trinajstić information content (AvgIpc) is 2.40. The van der Waals surface area contributed by atoms with E-state index in [0.29, 0.717) is 13.2 Å². The molecule has 0 amide bonds. The zero-order valence-electron chi connectivity index (χ0n) is 12.1. The van der Waals surface area contributed by atoms with Crippen LogP contribution in [0.25, 0.3) is 0 Å². The van der Waals surface area contributed by atoms with Crippen LogP contribution in [0.5, 0.6) is 0 Å². The van der Waals surface area contributed by atoms with Crippen LogP contribution >= 0.6 is 15.9 Å². The molecule has 0 radical (unpaired) electrons. The van der Waals surface area contributed by atoms with Crippen LogP contribution in [0.1, 0.15) is 37.7 Å². The van der Waals surface area contributed by atoms with E-state index in [-0.39, 0.29) is 11.2 Å². The Labute approximate surface area is 135 Å². The van der Waals surface area contributed by atoms with Crippen LogP contribution in [0.15, 0.2) is 28.7 Å². The molecule has 0 heterocycles. The summed E-state index contributed by atoms with van der Waals surface area (Å²) in [6.07, 6.45) is 5.03. The first-order valence-electron chi connectivity index (χ1n) is 7.21. The third-order valence-corrected chi connectivity index (χ3v) is 5.56. The topological polar surface area (TPSA) is 69.4 Å². The predicted molar refractivity (Wildman–Crippen MR) is 87.3 cm³/mol. The predicted octanol–water partition coefficient (Wildman–Crippen LogP) is 3.20. The molecule has 2 N–H and O–H groups in total. The molecule has 0 bridgehead atoms. The Kier molecular flexibility index (Phi) is 5.82. The Morgan fingerprint density at radius 3 is 2.33 bits per heavy atom. The van der Waals surface area contributed by atoms with Crippen molar-refractivity contribution in [1.82, 2.24) is 0 Å². The second kappa shape index (κ2) is 7.22. The van der Waals surface area contributed by atoms with Gasteiger partial charge in [0, 0.05) is 9.89 Å². The standard InChI is InChI=1S/C15H22BrNO3S/c16-14-6-4-13(5-7-14)10-20-11-15(12-21(17,18)19)8-2-1-3-9-15/h4-7H,1-3,8-12H2,(H2,17,18,19). The fourth-order valence-corrected chi connectivity index (χ4v) is 4.51. The van der Waals surface area contributed by atoms with Crippen LogP contribution < -0.4 is 5.14 Å². The molecule has 2 rings (SSSR count). The van der Waals surface area contributed by atoms with Crippen molar-refractivity contribution in [2.45, 2.75) is 38.7 Å². The summed E-state index contributed by atoms with van der Waals surface area (Å²) in [5, 5.41) is 5.26. The van der Waals surface area contributed by atoms with Gasteiger partial charge in [-0.2, -0.15) is 0 Å². The minimum Gasteiger partial charge on any atom is -0.376 e. The lowest BCUT2D eigenvalue weighted by Gasteiger charge is -2.36. The van der Waals surface area contributed by atoms with Gasteiger partial charge in [0.05, 0.1) is 19.0 Å². The van der Waals surface area contributed by atoms with Crippen molar-refractivity contribution >= 4 is 26.0 Å². The second-order valence-corrected chi connectivity index (χ2v) is 8.52. The number of primary sulfonamides is 1. The molecule has 1 aliphatic carbocycles. The van der Waals surface area contributed by atoms with E-state index in [1.165, 1.54) is 6.42 Å². The minimum absolute atomic E-state index is 0.0281. The molecule has 0 saturated heterocycles. The van der Waals surface area contributed by atoms with Gasteiger partial charge in [0.2, 0.25) is 10.0 Å². The molecule has 1 aromatic carbocycles. The third kappa shape index (κ3) is 5.70. The van der Waals surface area contributed by atoms with E-state index in [2.05, 4.69) is 15.9 Å². The maximum absolute atomic E-state index is 11.5. The maximum atomic E-state index is 11.5. The first-order valence-corrected chi connectivity index (χ1v) is 9.72. The highest BCUT2D eigenvalue weighted by Crippen LogP contribution is 2.37. The lowest BCUT2D eigenvalue weighted by molar-refractivity contribution is 0.0240. The molecule has 0 aliphatic heterocycles. The van der Waals surface area contributed by atoms with Crippen molar-refractivity contribution in [3.8, 4) is 0 Å². The number of ether oxygens (including phenoxy) is 1. The zero-order chi connectivity index (χ0) is 15.3. The average molecular weight is 376 g/mol.